The van der Waals surface area contributed by atoms with Crippen LogP contribution in [0.25, 0.3) is 0 Å². The molecule has 4 unspecified atom stereocenters. The number of hydrazine groups is 1. The number of rotatable bonds is 3. The summed E-state index contributed by atoms with van der Waals surface area (Å²) in [4.78, 5) is 18.3. The summed E-state index contributed by atoms with van der Waals surface area (Å²) in [7, 11) is -3.15. The third kappa shape index (κ3) is 4.05. The molecular weight excluding hydrogens is 408 g/mol. The zero-order valence-electron chi connectivity index (χ0n) is 15.5. The van der Waals surface area contributed by atoms with Crippen molar-refractivity contribution in [3.05, 3.63) is 18.2 Å². The number of anilines is 2. The first-order chi connectivity index (χ1) is 13.7. The minimum absolute atomic E-state index is 0.0923. The van der Waals surface area contributed by atoms with Crippen LogP contribution in [0.3, 0.4) is 0 Å². The summed E-state index contributed by atoms with van der Waals surface area (Å²) in [5, 5.41) is 7.19. The summed E-state index contributed by atoms with van der Waals surface area (Å²) in [6.45, 7) is 0.442. The average Bonchev–Trinajstić information content (AvgIpc) is 2.97. The molecule has 0 aliphatic carbocycles. The molecule has 1 amide bonds. The molecule has 3 aliphatic heterocycles. The van der Waals surface area contributed by atoms with Gasteiger partial charge >= 0.3 is 0 Å². The Bertz CT molecular complexity index is 888. The molecule has 4 heterocycles. The predicted octanol–water partition coefficient (Wildman–Crippen LogP) is -1.62. The number of nitrogens with two attached hydrogens (primary N) is 1. The third-order valence-electron chi connectivity index (χ3n) is 5.42. The molecule has 0 aromatic carbocycles. The molecule has 0 saturated carbocycles. The second kappa shape index (κ2) is 7.72. The molecule has 0 spiro atoms. The largest absolute Gasteiger partial charge is 0.365 e. The van der Waals surface area contributed by atoms with E-state index in [1.807, 2.05) is 0 Å². The number of nitrogens with one attached hydrogen (secondary N) is 3. The van der Waals surface area contributed by atoms with Gasteiger partial charge < -0.3 is 16.0 Å². The van der Waals surface area contributed by atoms with E-state index in [-0.39, 0.29) is 49.1 Å². The molecule has 1 aromatic heterocycles. The average molecular weight is 431 g/mol. The lowest BCUT2D eigenvalue weighted by atomic mass is 10.0. The quantitative estimate of drug-likeness (QED) is 0.446. The second-order valence-corrected chi connectivity index (χ2v) is 9.73. The van der Waals surface area contributed by atoms with Gasteiger partial charge in [0, 0.05) is 26.2 Å². The van der Waals surface area contributed by atoms with Gasteiger partial charge in [-0.1, -0.05) is 0 Å². The molecular formula is C16H23F2N7O3S. The number of pyridine rings is 1. The molecule has 4 rings (SSSR count). The van der Waals surface area contributed by atoms with E-state index in [0.29, 0.717) is 0 Å². The Hall–Kier alpha value is -1.93. The summed E-state index contributed by atoms with van der Waals surface area (Å²) in [6, 6.07) is 0. The van der Waals surface area contributed by atoms with Crippen LogP contribution in [0.2, 0.25) is 0 Å². The highest BCUT2D eigenvalue weighted by Crippen LogP contribution is 2.31. The molecule has 3 aliphatic rings. The summed E-state index contributed by atoms with van der Waals surface area (Å²) in [5.74, 6) is -2.06. The number of halogens is 2. The first-order valence-electron chi connectivity index (χ1n) is 9.31. The predicted molar refractivity (Wildman–Crippen MR) is 102 cm³/mol. The molecule has 1 aromatic rings. The first-order valence-corrected chi connectivity index (χ1v) is 11.1. The molecule has 3 fully saturated rings. The molecule has 5 N–H and O–H groups in total. The van der Waals surface area contributed by atoms with Crippen molar-refractivity contribution < 1.29 is 22.0 Å². The van der Waals surface area contributed by atoms with Crippen molar-refractivity contribution in [1.29, 1.82) is 0 Å². The Morgan fingerprint density at radius 1 is 1.31 bits per heavy atom. The second-order valence-electron chi connectivity index (χ2n) is 7.43. The van der Waals surface area contributed by atoms with Crippen molar-refractivity contribution in [3.8, 4) is 0 Å². The lowest BCUT2D eigenvalue weighted by Crippen LogP contribution is -2.58. The summed E-state index contributed by atoms with van der Waals surface area (Å²) in [5.41, 5.74) is 9.15. The number of aromatic nitrogens is 1. The van der Waals surface area contributed by atoms with Crippen molar-refractivity contribution in [2.45, 2.75) is 18.5 Å². The van der Waals surface area contributed by atoms with Gasteiger partial charge in [-0.15, -0.1) is 0 Å². The maximum Gasteiger partial charge on any atom is 0.233 e. The highest BCUT2D eigenvalue weighted by atomic mass is 32.2. The molecule has 160 valence electrons. The van der Waals surface area contributed by atoms with Crippen LogP contribution in [0.15, 0.2) is 12.4 Å². The zero-order valence-corrected chi connectivity index (χ0v) is 16.3. The smallest absolute Gasteiger partial charge is 0.233 e. The number of nitrogens with zero attached hydrogens (tertiary/aromatic N) is 3. The van der Waals surface area contributed by atoms with Gasteiger partial charge in [0.05, 0.1) is 47.8 Å². The van der Waals surface area contributed by atoms with Crippen molar-refractivity contribution >= 4 is 27.1 Å². The highest BCUT2D eigenvalue weighted by Gasteiger charge is 2.47. The Kier molecular flexibility index (Phi) is 5.42. The molecule has 3 saturated heterocycles. The minimum atomic E-state index is -3.15. The van der Waals surface area contributed by atoms with Crippen LogP contribution in [0.1, 0.15) is 0 Å². The lowest BCUT2D eigenvalue weighted by molar-refractivity contribution is -0.121. The minimum Gasteiger partial charge on any atom is -0.365 e. The fraction of sp³-hybridized carbons (Fsp3) is 0.625. The normalized spacial score (nSPS) is 32.0. The van der Waals surface area contributed by atoms with E-state index in [9.17, 15) is 22.0 Å². The van der Waals surface area contributed by atoms with E-state index < -0.39 is 46.0 Å². The van der Waals surface area contributed by atoms with Gasteiger partial charge in [-0.2, -0.15) is 0 Å². The summed E-state index contributed by atoms with van der Waals surface area (Å²) >= 11 is 0. The van der Waals surface area contributed by atoms with E-state index in [1.165, 1.54) is 6.20 Å². The van der Waals surface area contributed by atoms with Crippen LogP contribution in [0.5, 0.6) is 0 Å². The fourth-order valence-corrected chi connectivity index (χ4v) is 5.17. The number of alkyl halides is 1. The van der Waals surface area contributed by atoms with Crippen molar-refractivity contribution in [2.24, 2.45) is 11.7 Å². The number of hydrogen-bond acceptors (Lipinski definition) is 9. The maximum absolute atomic E-state index is 14.5. The Morgan fingerprint density at radius 2 is 2.03 bits per heavy atom. The molecule has 0 bridgehead atoms. The van der Waals surface area contributed by atoms with E-state index in [1.54, 1.807) is 9.91 Å². The van der Waals surface area contributed by atoms with Gasteiger partial charge in [-0.25, -0.2) is 27.6 Å². The van der Waals surface area contributed by atoms with E-state index >= 15 is 0 Å². The third-order valence-corrected chi connectivity index (χ3v) is 7.02. The Labute approximate surface area is 166 Å². The number of hydrogen-bond donors (Lipinski definition) is 4. The lowest BCUT2D eigenvalue weighted by Gasteiger charge is -2.34. The SMILES string of the molecule is NC1NN2CC(F)CNC2C1C(=O)Nc1cncc(F)c1N1CCS(=O)(=O)CC1. The Balaban J connectivity index is 1.54. The highest BCUT2D eigenvalue weighted by molar-refractivity contribution is 7.91. The van der Waals surface area contributed by atoms with Crippen LogP contribution < -0.4 is 26.7 Å². The van der Waals surface area contributed by atoms with Gasteiger partial charge in [-0.05, 0) is 0 Å². The van der Waals surface area contributed by atoms with Crippen LogP contribution in [0, 0.1) is 11.7 Å². The number of fused-ring (bicyclic) bond motifs is 1. The Morgan fingerprint density at radius 3 is 2.76 bits per heavy atom. The van der Waals surface area contributed by atoms with E-state index in [2.05, 4.69) is 21.0 Å². The molecule has 0 radical (unpaired) electrons. The summed E-state index contributed by atoms with van der Waals surface area (Å²) < 4.78 is 51.5. The van der Waals surface area contributed by atoms with Crippen molar-refractivity contribution in [3.63, 3.8) is 0 Å². The fourth-order valence-electron chi connectivity index (χ4n) is 3.97. The molecule has 4 atom stereocenters. The van der Waals surface area contributed by atoms with Gasteiger partial charge in [-0.3, -0.25) is 15.1 Å². The number of sulfone groups is 1. The topological polar surface area (TPSA) is 133 Å². The molecule has 13 heteroatoms. The summed E-state index contributed by atoms with van der Waals surface area (Å²) in [6.07, 6.45) is 0.00639. The van der Waals surface area contributed by atoms with Crippen LogP contribution in [-0.4, -0.2) is 80.5 Å². The van der Waals surface area contributed by atoms with E-state index in [0.717, 1.165) is 6.20 Å². The first kappa shape index (κ1) is 20.3. The number of carbonyl (C=O) groups is 1. The monoisotopic (exact) mass is 431 g/mol. The van der Waals surface area contributed by atoms with Crippen LogP contribution in [0.4, 0.5) is 20.2 Å². The van der Waals surface area contributed by atoms with Crippen LogP contribution in [-0.2, 0) is 14.6 Å². The van der Waals surface area contributed by atoms with Gasteiger partial charge in [0.2, 0.25) is 5.91 Å². The zero-order chi connectivity index (χ0) is 20.8. The standard InChI is InChI=1S/C16H23F2N7O3S/c17-9-5-21-15-12(14(19)23-25(15)8-9)16(26)22-11-7-20-6-10(18)13(11)24-1-3-29(27,28)4-2-24/h6-7,9,12,14-15,21,23H,1-5,8,19H2,(H,22,26). The van der Waals surface area contributed by atoms with E-state index in [4.69, 9.17) is 5.73 Å². The molecule has 29 heavy (non-hydrogen) atoms. The van der Waals surface area contributed by atoms with Gasteiger partial charge in [0.15, 0.2) is 15.7 Å². The van der Waals surface area contributed by atoms with Gasteiger partial charge in [0.25, 0.3) is 0 Å². The van der Waals surface area contributed by atoms with Crippen molar-refractivity contribution in [1.82, 2.24) is 20.7 Å². The number of amides is 1. The van der Waals surface area contributed by atoms with Gasteiger partial charge in [0.1, 0.15) is 11.9 Å². The van der Waals surface area contributed by atoms with Crippen LogP contribution >= 0.6 is 0 Å². The van der Waals surface area contributed by atoms with Crippen molar-refractivity contribution in [2.75, 3.05) is 47.9 Å². The molecule has 10 nitrogen and oxygen atoms in total. The number of carbonyl (C=O) groups excluding carboxylic acids is 1. The maximum atomic E-state index is 14.5.